The van der Waals surface area contributed by atoms with Crippen molar-refractivity contribution in [3.8, 4) is 0 Å². The number of para-hydroxylation sites is 1. The summed E-state index contributed by atoms with van der Waals surface area (Å²) < 4.78 is 12.9. The Hall–Kier alpha value is -3.32. The van der Waals surface area contributed by atoms with Crippen LogP contribution in [0.25, 0.3) is 10.9 Å². The molecule has 27 heavy (non-hydrogen) atoms. The summed E-state index contributed by atoms with van der Waals surface area (Å²) in [6.07, 6.45) is 1.51. The Kier molecular flexibility index (Phi) is 5.73. The van der Waals surface area contributed by atoms with Gasteiger partial charge in [-0.25, -0.2) is 4.39 Å². The number of halogens is 1. The van der Waals surface area contributed by atoms with Crippen molar-refractivity contribution in [3.63, 3.8) is 0 Å². The maximum atomic E-state index is 12.9. The highest BCUT2D eigenvalue weighted by Crippen LogP contribution is 2.16. The predicted molar refractivity (Wildman–Crippen MR) is 98.3 cm³/mol. The second-order valence-electron chi connectivity index (χ2n) is 5.93. The van der Waals surface area contributed by atoms with Gasteiger partial charge in [-0.2, -0.15) is 0 Å². The lowest BCUT2D eigenvalue weighted by Gasteiger charge is -2.17. The Labute approximate surface area is 155 Å². The zero-order valence-electron chi connectivity index (χ0n) is 14.4. The molecule has 3 N–H and O–H groups in total. The van der Waals surface area contributed by atoms with Gasteiger partial charge >= 0.3 is 0 Å². The van der Waals surface area contributed by atoms with Gasteiger partial charge in [0.05, 0.1) is 17.7 Å². The van der Waals surface area contributed by atoms with Crippen molar-refractivity contribution < 1.29 is 19.1 Å². The molecular formula is C20H18FN3O3. The second-order valence-corrected chi connectivity index (χ2v) is 5.93. The number of fused-ring (bicyclic) bond motifs is 1. The van der Waals surface area contributed by atoms with Crippen molar-refractivity contribution in [2.45, 2.75) is 12.6 Å². The second kappa shape index (κ2) is 8.37. The number of amides is 2. The van der Waals surface area contributed by atoms with E-state index in [1.807, 2.05) is 6.07 Å². The summed E-state index contributed by atoms with van der Waals surface area (Å²) in [5.74, 6) is -1.38. The summed E-state index contributed by atoms with van der Waals surface area (Å²) >= 11 is 0. The number of aliphatic hydroxyl groups is 1. The van der Waals surface area contributed by atoms with E-state index in [0.29, 0.717) is 22.0 Å². The molecule has 1 atom stereocenters. The van der Waals surface area contributed by atoms with E-state index in [1.54, 1.807) is 36.4 Å². The number of carbonyl (C=O) groups is 2. The number of nitrogens with one attached hydrogen (secondary N) is 2. The molecule has 1 aromatic heterocycles. The van der Waals surface area contributed by atoms with Crippen LogP contribution in [0.15, 0.2) is 60.8 Å². The lowest BCUT2D eigenvalue weighted by molar-refractivity contribution is -0.124. The topological polar surface area (TPSA) is 91.3 Å². The molecule has 0 bridgehead atoms. The third-order valence-electron chi connectivity index (χ3n) is 4.08. The van der Waals surface area contributed by atoms with Crippen molar-refractivity contribution in [1.82, 2.24) is 15.6 Å². The SMILES string of the molecule is O=C(N[C@@H](CO)C(=O)NCc1ccc(F)cc1)c1ccnc2ccccc12. The number of carbonyl (C=O) groups excluding carboxylic acids is 2. The highest BCUT2D eigenvalue weighted by atomic mass is 19.1. The van der Waals surface area contributed by atoms with Gasteiger partial charge in [-0.3, -0.25) is 14.6 Å². The molecule has 3 rings (SSSR count). The molecule has 6 nitrogen and oxygen atoms in total. The minimum Gasteiger partial charge on any atom is -0.394 e. The first-order valence-corrected chi connectivity index (χ1v) is 8.36. The average molecular weight is 367 g/mol. The summed E-state index contributed by atoms with van der Waals surface area (Å²) in [7, 11) is 0. The number of benzene rings is 2. The molecule has 2 aromatic carbocycles. The highest BCUT2D eigenvalue weighted by Gasteiger charge is 2.21. The number of nitrogens with zero attached hydrogens (tertiary/aromatic N) is 1. The Morgan fingerprint density at radius 2 is 1.81 bits per heavy atom. The molecule has 0 aliphatic heterocycles. The fourth-order valence-corrected chi connectivity index (χ4v) is 2.64. The van der Waals surface area contributed by atoms with Gasteiger partial charge in [0, 0.05) is 18.1 Å². The lowest BCUT2D eigenvalue weighted by Crippen LogP contribution is -2.48. The molecule has 0 saturated heterocycles. The number of pyridine rings is 1. The summed E-state index contributed by atoms with van der Waals surface area (Å²) in [5.41, 5.74) is 1.73. The van der Waals surface area contributed by atoms with E-state index in [4.69, 9.17) is 0 Å². The van der Waals surface area contributed by atoms with Crippen LogP contribution in [0.1, 0.15) is 15.9 Å². The zero-order valence-corrected chi connectivity index (χ0v) is 14.4. The molecule has 0 fully saturated rings. The molecule has 3 aromatic rings. The molecule has 0 aliphatic rings. The third-order valence-corrected chi connectivity index (χ3v) is 4.08. The molecule has 1 heterocycles. The summed E-state index contributed by atoms with van der Waals surface area (Å²) in [6.45, 7) is -0.395. The molecule has 138 valence electrons. The standard InChI is InChI=1S/C20H18FN3O3/c21-14-7-5-13(6-8-14)11-23-20(27)18(12-25)24-19(26)16-9-10-22-17-4-2-1-3-15(16)17/h1-10,18,25H,11-12H2,(H,23,27)(H,24,26)/t18-/m0/s1. The molecule has 0 aliphatic carbocycles. The highest BCUT2D eigenvalue weighted by molar-refractivity contribution is 6.07. The molecule has 0 saturated carbocycles. The van der Waals surface area contributed by atoms with Crippen LogP contribution in [0, 0.1) is 5.82 Å². The number of rotatable bonds is 6. The Morgan fingerprint density at radius 1 is 1.07 bits per heavy atom. The Balaban J connectivity index is 1.67. The summed E-state index contributed by atoms with van der Waals surface area (Å²) in [6, 6.07) is 13.3. The maximum absolute atomic E-state index is 12.9. The quantitative estimate of drug-likeness (QED) is 0.619. The smallest absolute Gasteiger partial charge is 0.252 e. The van der Waals surface area contributed by atoms with Crippen LogP contribution in [-0.4, -0.2) is 34.6 Å². The molecule has 0 radical (unpaired) electrons. The average Bonchev–Trinajstić information content (AvgIpc) is 2.70. The van der Waals surface area contributed by atoms with Gasteiger partial charge in [0.1, 0.15) is 11.9 Å². The predicted octanol–water partition coefficient (Wildman–Crippen LogP) is 1.78. The van der Waals surface area contributed by atoms with E-state index in [0.717, 1.165) is 0 Å². The number of aromatic nitrogens is 1. The van der Waals surface area contributed by atoms with Crippen LogP contribution < -0.4 is 10.6 Å². The van der Waals surface area contributed by atoms with Crippen LogP contribution >= 0.6 is 0 Å². The lowest BCUT2D eigenvalue weighted by atomic mass is 10.1. The largest absolute Gasteiger partial charge is 0.394 e. The monoisotopic (exact) mass is 367 g/mol. The van der Waals surface area contributed by atoms with Gasteiger partial charge in [0.15, 0.2) is 0 Å². The minimum atomic E-state index is -1.11. The molecule has 7 heteroatoms. The number of aliphatic hydroxyl groups excluding tert-OH is 1. The first-order valence-electron chi connectivity index (χ1n) is 8.36. The van der Waals surface area contributed by atoms with E-state index in [9.17, 15) is 19.1 Å². The van der Waals surface area contributed by atoms with E-state index < -0.39 is 24.5 Å². The molecule has 0 unspecified atom stereocenters. The first-order chi connectivity index (χ1) is 13.1. The van der Waals surface area contributed by atoms with Gasteiger partial charge < -0.3 is 15.7 Å². The first kappa shape index (κ1) is 18.5. The van der Waals surface area contributed by atoms with Crippen LogP contribution in [0.2, 0.25) is 0 Å². The Bertz CT molecular complexity index is 955. The van der Waals surface area contributed by atoms with Gasteiger partial charge in [-0.05, 0) is 29.8 Å². The Morgan fingerprint density at radius 3 is 2.56 bits per heavy atom. The summed E-state index contributed by atoms with van der Waals surface area (Å²) in [4.78, 5) is 29.0. The van der Waals surface area contributed by atoms with Gasteiger partial charge in [-0.1, -0.05) is 30.3 Å². The minimum absolute atomic E-state index is 0.156. The van der Waals surface area contributed by atoms with Crippen molar-refractivity contribution in [3.05, 3.63) is 77.7 Å². The van der Waals surface area contributed by atoms with Crippen LogP contribution in [0.4, 0.5) is 4.39 Å². The van der Waals surface area contributed by atoms with Crippen molar-refractivity contribution in [1.29, 1.82) is 0 Å². The normalized spacial score (nSPS) is 11.8. The van der Waals surface area contributed by atoms with Crippen LogP contribution in [-0.2, 0) is 11.3 Å². The molecular weight excluding hydrogens is 349 g/mol. The zero-order chi connectivity index (χ0) is 19.2. The van der Waals surface area contributed by atoms with Crippen molar-refractivity contribution >= 4 is 22.7 Å². The van der Waals surface area contributed by atoms with Gasteiger partial charge in [0.2, 0.25) is 5.91 Å². The third kappa shape index (κ3) is 4.45. The number of hydrogen-bond acceptors (Lipinski definition) is 4. The van der Waals surface area contributed by atoms with E-state index in [-0.39, 0.29) is 12.4 Å². The van der Waals surface area contributed by atoms with Crippen LogP contribution in [0.3, 0.4) is 0 Å². The number of hydrogen-bond donors (Lipinski definition) is 3. The molecule has 2 amide bonds. The van der Waals surface area contributed by atoms with Crippen molar-refractivity contribution in [2.75, 3.05) is 6.61 Å². The van der Waals surface area contributed by atoms with E-state index >= 15 is 0 Å². The van der Waals surface area contributed by atoms with E-state index in [2.05, 4.69) is 15.6 Å². The summed E-state index contributed by atoms with van der Waals surface area (Å²) in [5, 5.41) is 15.3. The van der Waals surface area contributed by atoms with Crippen LogP contribution in [0.5, 0.6) is 0 Å². The maximum Gasteiger partial charge on any atom is 0.252 e. The van der Waals surface area contributed by atoms with E-state index in [1.165, 1.54) is 18.3 Å². The molecule has 0 spiro atoms. The van der Waals surface area contributed by atoms with Crippen molar-refractivity contribution in [2.24, 2.45) is 0 Å². The van der Waals surface area contributed by atoms with Gasteiger partial charge in [0.25, 0.3) is 5.91 Å². The van der Waals surface area contributed by atoms with Gasteiger partial charge in [-0.15, -0.1) is 0 Å². The fourth-order valence-electron chi connectivity index (χ4n) is 2.64. The fraction of sp³-hybridized carbons (Fsp3) is 0.150.